The fourth-order valence-corrected chi connectivity index (χ4v) is 3.39. The first-order valence-electron chi connectivity index (χ1n) is 6.94. The van der Waals surface area contributed by atoms with E-state index in [1.54, 1.807) is 0 Å². The van der Waals surface area contributed by atoms with Crippen LogP contribution in [0.4, 0.5) is 0 Å². The molecule has 0 aromatic rings. The molecule has 1 saturated heterocycles. The molecule has 2 nitrogen and oxygen atoms in total. The van der Waals surface area contributed by atoms with Gasteiger partial charge in [0.2, 0.25) is 0 Å². The highest BCUT2D eigenvalue weighted by atomic mass is 16.5. The summed E-state index contributed by atoms with van der Waals surface area (Å²) in [5.74, 6) is 0.435. The van der Waals surface area contributed by atoms with Crippen molar-refractivity contribution in [2.24, 2.45) is 5.92 Å². The molecular formula is C14H26O2. The fourth-order valence-electron chi connectivity index (χ4n) is 3.39. The van der Waals surface area contributed by atoms with E-state index in [1.165, 1.54) is 32.1 Å². The van der Waals surface area contributed by atoms with Crippen molar-refractivity contribution in [3.63, 3.8) is 0 Å². The zero-order chi connectivity index (χ0) is 11.6. The van der Waals surface area contributed by atoms with Gasteiger partial charge < -0.3 is 9.84 Å². The Morgan fingerprint density at radius 1 is 1.31 bits per heavy atom. The molecule has 2 atom stereocenters. The van der Waals surface area contributed by atoms with Crippen LogP contribution in [-0.4, -0.2) is 22.9 Å². The Kier molecular flexibility index (Phi) is 3.60. The standard InChI is InChI=1S/C14H26O2/c1-3-13(2,15)12-7-10-16-14(11-12)8-5-4-6-9-14/h12,15H,3-11H2,1-2H3. The summed E-state index contributed by atoms with van der Waals surface area (Å²) in [5.41, 5.74) is -0.367. The molecule has 0 aromatic heterocycles. The SMILES string of the molecule is CCC(C)(O)C1CCOC2(CCCCC2)C1. The van der Waals surface area contributed by atoms with Gasteiger partial charge in [-0.05, 0) is 44.9 Å². The molecule has 94 valence electrons. The average molecular weight is 226 g/mol. The van der Waals surface area contributed by atoms with Gasteiger partial charge >= 0.3 is 0 Å². The molecule has 2 rings (SSSR count). The van der Waals surface area contributed by atoms with Gasteiger partial charge in [-0.1, -0.05) is 26.2 Å². The second-order valence-electron chi connectivity index (χ2n) is 5.99. The smallest absolute Gasteiger partial charge is 0.0686 e. The summed E-state index contributed by atoms with van der Waals surface area (Å²) in [5, 5.41) is 10.4. The summed E-state index contributed by atoms with van der Waals surface area (Å²) < 4.78 is 6.07. The molecule has 2 heteroatoms. The van der Waals surface area contributed by atoms with E-state index in [-0.39, 0.29) is 5.60 Å². The largest absolute Gasteiger partial charge is 0.390 e. The van der Waals surface area contributed by atoms with Gasteiger partial charge in [-0.3, -0.25) is 0 Å². The molecule has 0 radical (unpaired) electrons. The Balaban J connectivity index is 2.03. The Hall–Kier alpha value is -0.0800. The number of ether oxygens (including phenoxy) is 1. The van der Waals surface area contributed by atoms with E-state index < -0.39 is 5.60 Å². The summed E-state index contributed by atoms with van der Waals surface area (Å²) in [4.78, 5) is 0. The van der Waals surface area contributed by atoms with E-state index in [1.807, 2.05) is 6.92 Å². The van der Waals surface area contributed by atoms with Crippen LogP contribution in [0.3, 0.4) is 0 Å². The Morgan fingerprint density at radius 2 is 2.00 bits per heavy atom. The second kappa shape index (κ2) is 4.66. The van der Waals surface area contributed by atoms with Crippen LogP contribution in [0.5, 0.6) is 0 Å². The number of rotatable bonds is 2. The Labute approximate surface area is 99.4 Å². The van der Waals surface area contributed by atoms with Crippen molar-refractivity contribution in [3.8, 4) is 0 Å². The van der Waals surface area contributed by atoms with Crippen molar-refractivity contribution < 1.29 is 9.84 Å². The summed E-state index contributed by atoms with van der Waals surface area (Å²) in [7, 11) is 0. The van der Waals surface area contributed by atoms with Crippen molar-refractivity contribution in [3.05, 3.63) is 0 Å². The topological polar surface area (TPSA) is 29.5 Å². The summed E-state index contributed by atoms with van der Waals surface area (Å²) in [6.45, 7) is 4.93. The summed E-state index contributed by atoms with van der Waals surface area (Å²) in [6, 6.07) is 0. The van der Waals surface area contributed by atoms with Gasteiger partial charge in [-0.15, -0.1) is 0 Å². The van der Waals surface area contributed by atoms with Gasteiger partial charge in [0.1, 0.15) is 0 Å². The maximum atomic E-state index is 10.4. The van der Waals surface area contributed by atoms with Crippen molar-refractivity contribution in [1.29, 1.82) is 0 Å². The van der Waals surface area contributed by atoms with E-state index in [4.69, 9.17) is 4.74 Å². The predicted octanol–water partition coefficient (Wildman–Crippen LogP) is 3.28. The lowest BCUT2D eigenvalue weighted by Crippen LogP contribution is -2.48. The summed E-state index contributed by atoms with van der Waals surface area (Å²) in [6.07, 6.45) is 9.36. The van der Waals surface area contributed by atoms with E-state index >= 15 is 0 Å². The minimum Gasteiger partial charge on any atom is -0.390 e. The minimum atomic E-state index is -0.492. The average Bonchev–Trinajstić information content (AvgIpc) is 2.30. The maximum absolute atomic E-state index is 10.4. The number of aliphatic hydroxyl groups is 1. The van der Waals surface area contributed by atoms with E-state index in [0.717, 1.165) is 25.9 Å². The zero-order valence-corrected chi connectivity index (χ0v) is 10.8. The molecule has 1 aliphatic carbocycles. The van der Waals surface area contributed by atoms with Crippen molar-refractivity contribution in [2.75, 3.05) is 6.61 Å². The van der Waals surface area contributed by atoms with Crippen LogP contribution in [0.2, 0.25) is 0 Å². The molecule has 0 amide bonds. The fraction of sp³-hybridized carbons (Fsp3) is 1.00. The molecule has 1 N–H and O–H groups in total. The van der Waals surface area contributed by atoms with Crippen molar-refractivity contribution in [2.45, 2.75) is 76.4 Å². The molecule has 2 unspecified atom stereocenters. The lowest BCUT2D eigenvalue weighted by atomic mass is 9.70. The van der Waals surface area contributed by atoms with Gasteiger partial charge in [0.05, 0.1) is 11.2 Å². The molecule has 1 heterocycles. The van der Waals surface area contributed by atoms with Crippen LogP contribution < -0.4 is 0 Å². The third-order valence-electron chi connectivity index (χ3n) is 4.85. The van der Waals surface area contributed by atoms with Crippen LogP contribution >= 0.6 is 0 Å². The van der Waals surface area contributed by atoms with Crippen LogP contribution in [0, 0.1) is 5.92 Å². The predicted molar refractivity (Wildman–Crippen MR) is 65.4 cm³/mol. The highest BCUT2D eigenvalue weighted by molar-refractivity contribution is 4.94. The molecule has 2 fully saturated rings. The van der Waals surface area contributed by atoms with Crippen LogP contribution in [0.15, 0.2) is 0 Å². The van der Waals surface area contributed by atoms with Gasteiger partial charge in [0.15, 0.2) is 0 Å². The third kappa shape index (κ3) is 2.43. The highest BCUT2D eigenvalue weighted by Crippen LogP contribution is 2.44. The van der Waals surface area contributed by atoms with Gasteiger partial charge in [-0.25, -0.2) is 0 Å². The highest BCUT2D eigenvalue weighted by Gasteiger charge is 2.43. The van der Waals surface area contributed by atoms with Gasteiger partial charge in [-0.2, -0.15) is 0 Å². The molecule has 1 aliphatic heterocycles. The first kappa shape index (κ1) is 12.4. The van der Waals surface area contributed by atoms with Gasteiger partial charge in [0.25, 0.3) is 0 Å². The van der Waals surface area contributed by atoms with Crippen LogP contribution in [0.1, 0.15) is 65.2 Å². The molecule has 2 aliphatic rings. The zero-order valence-electron chi connectivity index (χ0n) is 10.8. The normalized spacial score (nSPS) is 33.6. The summed E-state index contributed by atoms with van der Waals surface area (Å²) >= 11 is 0. The van der Waals surface area contributed by atoms with Crippen molar-refractivity contribution >= 4 is 0 Å². The monoisotopic (exact) mass is 226 g/mol. The number of hydrogen-bond acceptors (Lipinski definition) is 2. The van der Waals surface area contributed by atoms with Crippen LogP contribution in [-0.2, 0) is 4.74 Å². The lowest BCUT2D eigenvalue weighted by molar-refractivity contribution is -0.152. The molecular weight excluding hydrogens is 200 g/mol. The Morgan fingerprint density at radius 3 is 2.62 bits per heavy atom. The molecule has 1 spiro atoms. The lowest BCUT2D eigenvalue weighted by Gasteiger charge is -2.47. The molecule has 1 saturated carbocycles. The Bertz CT molecular complexity index is 223. The van der Waals surface area contributed by atoms with E-state index in [0.29, 0.717) is 5.92 Å². The van der Waals surface area contributed by atoms with Gasteiger partial charge in [0, 0.05) is 6.61 Å². The molecule has 16 heavy (non-hydrogen) atoms. The third-order valence-corrected chi connectivity index (χ3v) is 4.85. The van der Waals surface area contributed by atoms with E-state index in [2.05, 4.69) is 6.92 Å². The first-order chi connectivity index (χ1) is 7.58. The molecule has 0 bridgehead atoms. The molecule has 0 aromatic carbocycles. The minimum absolute atomic E-state index is 0.125. The first-order valence-corrected chi connectivity index (χ1v) is 6.94. The number of hydrogen-bond donors (Lipinski definition) is 1. The maximum Gasteiger partial charge on any atom is 0.0686 e. The van der Waals surface area contributed by atoms with E-state index in [9.17, 15) is 5.11 Å². The quantitative estimate of drug-likeness (QED) is 0.783. The van der Waals surface area contributed by atoms with Crippen molar-refractivity contribution in [1.82, 2.24) is 0 Å². The van der Waals surface area contributed by atoms with Crippen LogP contribution in [0.25, 0.3) is 0 Å². The second-order valence-corrected chi connectivity index (χ2v) is 5.99.